The van der Waals surface area contributed by atoms with E-state index in [1.54, 1.807) is 0 Å². The van der Waals surface area contributed by atoms with Crippen molar-refractivity contribution in [1.82, 2.24) is 4.90 Å². The number of carbonyl (C=O) groups excluding carboxylic acids is 1. The quantitative estimate of drug-likeness (QED) is 0.157. The van der Waals surface area contributed by atoms with E-state index in [0.29, 0.717) is 5.91 Å². The fourth-order valence-electron chi connectivity index (χ4n) is 3.23. The second kappa shape index (κ2) is 20.3. The zero-order valence-corrected chi connectivity index (χ0v) is 18.8. The summed E-state index contributed by atoms with van der Waals surface area (Å²) in [6, 6.07) is 0. The van der Waals surface area contributed by atoms with Gasteiger partial charge in [0.2, 0.25) is 5.91 Å². The van der Waals surface area contributed by atoms with E-state index in [1.807, 2.05) is 0 Å². The normalized spacial score (nSPS) is 11.0. The predicted molar refractivity (Wildman–Crippen MR) is 116 cm³/mol. The largest absolute Gasteiger partial charge is 0.343 e. The monoisotopic (exact) mass is 417 g/mol. The molecule has 2 nitrogen and oxygen atoms in total. The van der Waals surface area contributed by atoms with Crippen molar-refractivity contribution in [2.75, 3.05) is 18.4 Å². The van der Waals surface area contributed by atoms with Crippen molar-refractivity contribution in [3.8, 4) is 0 Å². The Morgan fingerprint density at radius 1 is 0.640 bits per heavy atom. The summed E-state index contributed by atoms with van der Waals surface area (Å²) in [6.45, 7) is 6.48. The van der Waals surface area contributed by atoms with Crippen LogP contribution in [0.2, 0.25) is 0 Å². The Bertz CT molecular complexity index is 283. The molecule has 150 valence electrons. The summed E-state index contributed by atoms with van der Waals surface area (Å²) in [6.07, 6.45) is 19.7. The fourth-order valence-corrected chi connectivity index (χ4v) is 3.63. The second-order valence-electron chi connectivity index (χ2n) is 7.42. The van der Waals surface area contributed by atoms with Gasteiger partial charge in [-0.15, -0.1) is 0 Å². The first-order chi connectivity index (χ1) is 12.3. The minimum Gasteiger partial charge on any atom is -0.343 e. The summed E-state index contributed by atoms with van der Waals surface area (Å²) in [7, 11) is 0. The van der Waals surface area contributed by atoms with Crippen LogP contribution in [0.5, 0.6) is 0 Å². The number of hydrogen-bond acceptors (Lipinski definition) is 1. The fraction of sp³-hybridized carbons (Fsp3) is 0.955. The molecule has 3 heteroatoms. The number of alkyl halides is 1. The number of carbonyl (C=O) groups is 1. The minimum atomic E-state index is 0.408. The van der Waals surface area contributed by atoms with Crippen LogP contribution >= 0.6 is 15.9 Å². The van der Waals surface area contributed by atoms with Crippen molar-refractivity contribution in [3.05, 3.63) is 0 Å². The van der Waals surface area contributed by atoms with Crippen molar-refractivity contribution in [1.29, 1.82) is 0 Å². The van der Waals surface area contributed by atoms with Crippen molar-refractivity contribution >= 4 is 21.8 Å². The van der Waals surface area contributed by atoms with Gasteiger partial charge in [-0.2, -0.15) is 0 Å². The molecule has 0 spiro atoms. The number of hydrogen-bond donors (Lipinski definition) is 0. The minimum absolute atomic E-state index is 0.408. The maximum Gasteiger partial charge on any atom is 0.222 e. The van der Waals surface area contributed by atoms with E-state index in [9.17, 15) is 4.79 Å². The Morgan fingerprint density at radius 2 is 1.08 bits per heavy atom. The molecule has 0 aliphatic carbocycles. The molecule has 0 atom stereocenters. The lowest BCUT2D eigenvalue weighted by Crippen LogP contribution is -2.32. The highest BCUT2D eigenvalue weighted by Gasteiger charge is 2.12. The maximum absolute atomic E-state index is 12.6. The lowest BCUT2D eigenvalue weighted by Gasteiger charge is -2.23. The highest BCUT2D eigenvalue weighted by atomic mass is 79.9. The smallest absolute Gasteiger partial charge is 0.222 e. The van der Waals surface area contributed by atoms with Crippen LogP contribution in [0.1, 0.15) is 117 Å². The van der Waals surface area contributed by atoms with Gasteiger partial charge in [0.25, 0.3) is 0 Å². The molecule has 0 heterocycles. The van der Waals surface area contributed by atoms with E-state index >= 15 is 0 Å². The van der Waals surface area contributed by atoms with E-state index in [1.165, 1.54) is 89.9 Å². The van der Waals surface area contributed by atoms with Gasteiger partial charge in [0.1, 0.15) is 0 Å². The Kier molecular flexibility index (Phi) is 20.2. The average Bonchev–Trinajstić information content (AvgIpc) is 2.62. The molecule has 0 aromatic rings. The van der Waals surface area contributed by atoms with E-state index in [0.717, 1.165) is 31.3 Å². The highest BCUT2D eigenvalue weighted by molar-refractivity contribution is 9.09. The lowest BCUT2D eigenvalue weighted by molar-refractivity contribution is -0.131. The Balaban J connectivity index is 3.97. The van der Waals surface area contributed by atoms with Crippen molar-refractivity contribution in [3.63, 3.8) is 0 Å². The van der Waals surface area contributed by atoms with E-state index < -0.39 is 0 Å². The molecular weight excluding hydrogens is 374 g/mol. The molecule has 0 aliphatic heterocycles. The summed E-state index contributed by atoms with van der Waals surface area (Å²) in [5.74, 6) is 0.408. The Hall–Kier alpha value is -0.0500. The summed E-state index contributed by atoms with van der Waals surface area (Å²) in [5, 5.41) is 1.11. The highest BCUT2D eigenvalue weighted by Crippen LogP contribution is 2.11. The first-order valence-electron chi connectivity index (χ1n) is 11.1. The van der Waals surface area contributed by atoms with Crippen LogP contribution in [0.25, 0.3) is 0 Å². The molecule has 0 fully saturated rings. The van der Waals surface area contributed by atoms with Crippen LogP contribution in [0.3, 0.4) is 0 Å². The maximum atomic E-state index is 12.6. The SMILES string of the molecule is CCCCCCCCN(CCCCCC)C(=O)CCCCCCCBr. The zero-order valence-electron chi connectivity index (χ0n) is 17.2. The first kappa shape index (κ1) is 24.9. The van der Waals surface area contributed by atoms with E-state index in [-0.39, 0.29) is 0 Å². The molecule has 0 bridgehead atoms. The molecule has 0 rings (SSSR count). The van der Waals surface area contributed by atoms with Gasteiger partial charge >= 0.3 is 0 Å². The first-order valence-corrected chi connectivity index (χ1v) is 12.2. The van der Waals surface area contributed by atoms with Gasteiger partial charge < -0.3 is 4.90 Å². The molecule has 0 unspecified atom stereocenters. The van der Waals surface area contributed by atoms with Crippen LogP contribution in [0.4, 0.5) is 0 Å². The zero-order chi connectivity index (χ0) is 18.6. The van der Waals surface area contributed by atoms with Crippen LogP contribution in [0, 0.1) is 0 Å². The van der Waals surface area contributed by atoms with Crippen LogP contribution < -0.4 is 0 Å². The molecule has 1 amide bonds. The van der Waals surface area contributed by atoms with Gasteiger partial charge in [0.05, 0.1) is 0 Å². The van der Waals surface area contributed by atoms with Gasteiger partial charge in [-0.05, 0) is 25.7 Å². The Morgan fingerprint density at radius 3 is 1.64 bits per heavy atom. The van der Waals surface area contributed by atoms with Gasteiger partial charge in [-0.25, -0.2) is 0 Å². The lowest BCUT2D eigenvalue weighted by atomic mass is 10.1. The van der Waals surface area contributed by atoms with Crippen molar-refractivity contribution < 1.29 is 4.79 Å². The Labute approximate surface area is 166 Å². The van der Waals surface area contributed by atoms with Gasteiger partial charge in [0, 0.05) is 24.8 Å². The predicted octanol–water partition coefficient (Wildman–Crippen LogP) is 7.49. The number of unbranched alkanes of at least 4 members (excludes halogenated alkanes) is 12. The summed E-state index contributed by atoms with van der Waals surface area (Å²) in [4.78, 5) is 14.8. The molecule has 0 saturated heterocycles. The second-order valence-corrected chi connectivity index (χ2v) is 8.21. The number of halogens is 1. The molecule has 0 aromatic heterocycles. The van der Waals surface area contributed by atoms with Crippen LogP contribution in [-0.4, -0.2) is 29.2 Å². The number of rotatable bonds is 19. The average molecular weight is 419 g/mol. The number of nitrogens with zero attached hydrogens (tertiary/aromatic N) is 1. The van der Waals surface area contributed by atoms with Crippen molar-refractivity contribution in [2.45, 2.75) is 117 Å². The van der Waals surface area contributed by atoms with E-state index in [4.69, 9.17) is 0 Å². The molecule has 25 heavy (non-hydrogen) atoms. The molecule has 0 aromatic carbocycles. The standard InChI is InChI=1S/C22H44BrNO/c1-3-5-7-9-13-17-21-24(20-16-8-6-4-2)22(25)18-14-11-10-12-15-19-23/h3-21H2,1-2H3. The van der Waals surface area contributed by atoms with Crippen molar-refractivity contribution in [2.24, 2.45) is 0 Å². The topological polar surface area (TPSA) is 20.3 Å². The summed E-state index contributed by atoms with van der Waals surface area (Å²) >= 11 is 3.48. The third kappa shape index (κ3) is 17.1. The molecule has 0 N–H and O–H groups in total. The third-order valence-electron chi connectivity index (χ3n) is 4.94. The van der Waals surface area contributed by atoms with E-state index in [2.05, 4.69) is 34.7 Å². The summed E-state index contributed by atoms with van der Waals surface area (Å²) < 4.78 is 0. The van der Waals surface area contributed by atoms with Gasteiger partial charge in [-0.3, -0.25) is 4.79 Å². The number of amides is 1. The summed E-state index contributed by atoms with van der Waals surface area (Å²) in [5.41, 5.74) is 0. The van der Waals surface area contributed by atoms with Crippen LogP contribution in [0.15, 0.2) is 0 Å². The molecule has 0 saturated carbocycles. The molecule has 0 radical (unpaired) electrons. The third-order valence-corrected chi connectivity index (χ3v) is 5.50. The molecular formula is C22H44BrNO. The molecule has 0 aliphatic rings. The van der Waals surface area contributed by atoms with Crippen LogP contribution in [-0.2, 0) is 4.79 Å². The van der Waals surface area contributed by atoms with Gasteiger partial charge in [-0.1, -0.05) is 100 Å². The van der Waals surface area contributed by atoms with Gasteiger partial charge in [0.15, 0.2) is 0 Å².